The van der Waals surface area contributed by atoms with Crippen molar-refractivity contribution in [3.05, 3.63) is 23.8 Å². The van der Waals surface area contributed by atoms with E-state index in [4.69, 9.17) is 9.47 Å². The lowest BCUT2D eigenvalue weighted by atomic mass is 10.0. The van der Waals surface area contributed by atoms with Crippen molar-refractivity contribution in [1.29, 1.82) is 0 Å². The van der Waals surface area contributed by atoms with E-state index >= 15 is 0 Å². The molecule has 216 valence electrons. The number of aliphatic hydroxyl groups excluding tert-OH is 1. The third kappa shape index (κ3) is 10.4. The van der Waals surface area contributed by atoms with Gasteiger partial charge in [0, 0.05) is 37.7 Å². The van der Waals surface area contributed by atoms with Gasteiger partial charge in [-0.1, -0.05) is 6.92 Å². The van der Waals surface area contributed by atoms with Crippen LogP contribution in [0.5, 0.6) is 5.75 Å². The average Bonchev–Trinajstić information content (AvgIpc) is 2.83. The third-order valence-corrected chi connectivity index (χ3v) is 6.52. The zero-order valence-electron chi connectivity index (χ0n) is 23.0. The molecule has 0 fully saturated rings. The minimum Gasteiger partial charge on any atom is -0.490 e. The summed E-state index contributed by atoms with van der Waals surface area (Å²) in [7, 11) is 3.92. The summed E-state index contributed by atoms with van der Waals surface area (Å²) in [5.74, 6) is -0.959. The van der Waals surface area contributed by atoms with Crippen LogP contribution in [0.3, 0.4) is 0 Å². The Morgan fingerprint density at radius 2 is 1.97 bits per heavy atom. The van der Waals surface area contributed by atoms with E-state index in [0.29, 0.717) is 25.4 Å². The first-order valence-corrected chi connectivity index (χ1v) is 13.2. The van der Waals surface area contributed by atoms with Gasteiger partial charge in [-0.3, -0.25) is 9.59 Å². The molecular formula is C27H42F3N3O5. The summed E-state index contributed by atoms with van der Waals surface area (Å²) in [4.78, 5) is 29.6. The second-order valence-electron chi connectivity index (χ2n) is 10.4. The van der Waals surface area contributed by atoms with E-state index in [2.05, 4.69) is 5.32 Å². The van der Waals surface area contributed by atoms with Crippen LogP contribution in [0.25, 0.3) is 0 Å². The number of anilines is 1. The SMILES string of the molecule is C[C@H](CO)N1C[C@H](C)[C@@H](CN(C)C)OCCCC[C@H](C)Oc2ccc(NC(=O)CCC(F)(F)F)cc2C1=O. The Morgan fingerprint density at radius 3 is 2.61 bits per heavy atom. The number of fused-ring (bicyclic) bond motifs is 1. The Kier molecular flexibility index (Phi) is 12.3. The van der Waals surface area contributed by atoms with Crippen LogP contribution < -0.4 is 10.1 Å². The number of carbonyl (C=O) groups excluding carboxylic acids is 2. The number of benzene rings is 1. The molecule has 1 heterocycles. The Labute approximate surface area is 223 Å². The first-order valence-electron chi connectivity index (χ1n) is 13.2. The Hall–Kier alpha value is -2.37. The first kappa shape index (κ1) is 31.8. The largest absolute Gasteiger partial charge is 0.490 e. The van der Waals surface area contributed by atoms with Crippen molar-refractivity contribution in [2.24, 2.45) is 5.92 Å². The van der Waals surface area contributed by atoms with Gasteiger partial charge in [0.1, 0.15) is 5.75 Å². The Bertz CT molecular complexity index is 912. The predicted molar refractivity (Wildman–Crippen MR) is 139 cm³/mol. The first-order chi connectivity index (χ1) is 17.8. The van der Waals surface area contributed by atoms with Crippen LogP contribution in [0.1, 0.15) is 63.2 Å². The number of alkyl halides is 3. The van der Waals surface area contributed by atoms with Crippen molar-refractivity contribution in [1.82, 2.24) is 9.80 Å². The molecule has 38 heavy (non-hydrogen) atoms. The molecule has 2 amide bonds. The van der Waals surface area contributed by atoms with Crippen LogP contribution in [0.4, 0.5) is 18.9 Å². The van der Waals surface area contributed by atoms with E-state index in [0.717, 1.165) is 19.3 Å². The van der Waals surface area contributed by atoms with E-state index in [1.807, 2.05) is 32.8 Å². The third-order valence-electron chi connectivity index (χ3n) is 6.52. The van der Waals surface area contributed by atoms with Gasteiger partial charge >= 0.3 is 6.18 Å². The van der Waals surface area contributed by atoms with Crippen molar-refractivity contribution >= 4 is 17.5 Å². The summed E-state index contributed by atoms with van der Waals surface area (Å²) in [6.45, 7) is 6.93. The molecule has 0 radical (unpaired) electrons. The van der Waals surface area contributed by atoms with Gasteiger partial charge in [0.05, 0.1) is 36.8 Å². The highest BCUT2D eigenvalue weighted by molar-refractivity contribution is 5.99. The molecule has 1 aliphatic heterocycles. The quantitative estimate of drug-likeness (QED) is 0.530. The second-order valence-corrected chi connectivity index (χ2v) is 10.4. The number of nitrogens with zero attached hydrogens (tertiary/aromatic N) is 2. The van der Waals surface area contributed by atoms with Crippen LogP contribution in [-0.4, -0.2) is 91.5 Å². The zero-order chi connectivity index (χ0) is 28.5. The summed E-state index contributed by atoms with van der Waals surface area (Å²) in [6, 6.07) is 3.97. The van der Waals surface area contributed by atoms with Crippen LogP contribution in [-0.2, 0) is 9.53 Å². The fourth-order valence-electron chi connectivity index (χ4n) is 4.30. The minimum absolute atomic E-state index is 0.0631. The van der Waals surface area contributed by atoms with Crippen LogP contribution in [0.2, 0.25) is 0 Å². The van der Waals surface area contributed by atoms with Gasteiger partial charge in [0.2, 0.25) is 5.91 Å². The number of hydrogen-bond donors (Lipinski definition) is 2. The number of aliphatic hydroxyl groups is 1. The van der Waals surface area contributed by atoms with Gasteiger partial charge in [0.25, 0.3) is 5.91 Å². The average molecular weight is 546 g/mol. The molecular weight excluding hydrogens is 503 g/mol. The lowest BCUT2D eigenvalue weighted by Gasteiger charge is -2.35. The number of halogens is 3. The summed E-state index contributed by atoms with van der Waals surface area (Å²) in [5, 5.41) is 12.4. The summed E-state index contributed by atoms with van der Waals surface area (Å²) < 4.78 is 49.9. The number of nitrogens with one attached hydrogen (secondary N) is 1. The van der Waals surface area contributed by atoms with E-state index in [1.54, 1.807) is 17.9 Å². The summed E-state index contributed by atoms with van der Waals surface area (Å²) >= 11 is 0. The number of carbonyl (C=O) groups is 2. The number of rotatable bonds is 7. The highest BCUT2D eigenvalue weighted by Gasteiger charge is 2.31. The summed E-state index contributed by atoms with van der Waals surface area (Å²) in [6.07, 6.45) is -4.29. The molecule has 0 unspecified atom stereocenters. The Morgan fingerprint density at radius 1 is 1.26 bits per heavy atom. The molecule has 0 spiro atoms. The van der Waals surface area contributed by atoms with Crippen LogP contribution in [0.15, 0.2) is 18.2 Å². The van der Waals surface area contributed by atoms with Crippen molar-refractivity contribution in [3.8, 4) is 5.75 Å². The molecule has 0 bridgehead atoms. The van der Waals surface area contributed by atoms with Crippen LogP contribution in [0, 0.1) is 5.92 Å². The van der Waals surface area contributed by atoms with Gasteiger partial charge < -0.3 is 29.7 Å². The van der Waals surface area contributed by atoms with E-state index in [-0.39, 0.29) is 36.0 Å². The van der Waals surface area contributed by atoms with Gasteiger partial charge in [-0.25, -0.2) is 0 Å². The Balaban J connectivity index is 2.43. The predicted octanol–water partition coefficient (Wildman–Crippen LogP) is 4.32. The van der Waals surface area contributed by atoms with Crippen LogP contribution >= 0.6 is 0 Å². The molecule has 0 aromatic heterocycles. The molecule has 1 aromatic carbocycles. The number of likely N-dealkylation sites (N-methyl/N-ethyl adjacent to an activating group) is 1. The van der Waals surface area contributed by atoms with Gasteiger partial charge in [-0.15, -0.1) is 0 Å². The smallest absolute Gasteiger partial charge is 0.389 e. The maximum absolute atomic E-state index is 13.9. The lowest BCUT2D eigenvalue weighted by Crippen LogP contribution is -2.47. The number of ether oxygens (including phenoxy) is 2. The molecule has 0 saturated heterocycles. The van der Waals surface area contributed by atoms with Gasteiger partial charge in [0.15, 0.2) is 0 Å². The van der Waals surface area contributed by atoms with E-state index in [1.165, 1.54) is 12.1 Å². The fraction of sp³-hybridized carbons (Fsp3) is 0.704. The van der Waals surface area contributed by atoms with Crippen molar-refractivity contribution < 1.29 is 37.3 Å². The van der Waals surface area contributed by atoms with Gasteiger partial charge in [-0.2, -0.15) is 13.2 Å². The summed E-state index contributed by atoms with van der Waals surface area (Å²) in [5.41, 5.74) is 0.361. The zero-order valence-corrected chi connectivity index (χ0v) is 23.0. The minimum atomic E-state index is -4.44. The molecule has 0 aliphatic carbocycles. The molecule has 1 aromatic rings. The molecule has 2 rings (SSSR count). The lowest BCUT2D eigenvalue weighted by molar-refractivity contribution is -0.142. The van der Waals surface area contributed by atoms with E-state index < -0.39 is 36.9 Å². The highest BCUT2D eigenvalue weighted by atomic mass is 19.4. The van der Waals surface area contributed by atoms with Gasteiger partial charge in [-0.05, 0) is 65.4 Å². The normalized spacial score (nSPS) is 22.8. The monoisotopic (exact) mass is 545 g/mol. The van der Waals surface area contributed by atoms with Crippen molar-refractivity contribution in [2.45, 2.75) is 77.3 Å². The van der Waals surface area contributed by atoms with Crippen molar-refractivity contribution in [2.75, 3.05) is 45.7 Å². The molecule has 0 saturated carbocycles. The molecule has 4 atom stereocenters. The number of hydrogen-bond acceptors (Lipinski definition) is 6. The highest BCUT2D eigenvalue weighted by Crippen LogP contribution is 2.29. The standard InChI is InChI=1S/C27H42F3N3O5/c1-18-15-33(19(2)17-34)26(36)22-14-21(31-25(35)11-12-27(28,29)30)9-10-23(22)38-20(3)8-6-7-13-37-24(18)16-32(4)5/h9-10,14,18-20,24,34H,6-8,11-13,15-17H2,1-5H3,(H,31,35)/t18-,19+,20-,24+/m0/s1. The maximum Gasteiger partial charge on any atom is 0.389 e. The molecule has 2 N–H and O–H groups in total. The molecule has 11 heteroatoms. The van der Waals surface area contributed by atoms with Crippen molar-refractivity contribution in [3.63, 3.8) is 0 Å². The molecule has 1 aliphatic rings. The topological polar surface area (TPSA) is 91.3 Å². The second kappa shape index (κ2) is 14.7. The number of amides is 2. The fourth-order valence-corrected chi connectivity index (χ4v) is 4.30. The van der Waals surface area contributed by atoms with E-state index in [9.17, 15) is 27.9 Å². The molecule has 8 nitrogen and oxygen atoms in total. The maximum atomic E-state index is 13.9.